The third-order valence-corrected chi connectivity index (χ3v) is 8.35. The van der Waals surface area contributed by atoms with Crippen LogP contribution in [0.15, 0.2) is 83.8 Å². The van der Waals surface area contributed by atoms with Gasteiger partial charge in [0.1, 0.15) is 5.25 Å². The lowest BCUT2D eigenvalue weighted by molar-refractivity contribution is -0.140. The van der Waals surface area contributed by atoms with Crippen molar-refractivity contribution in [3.05, 3.63) is 84.4 Å². The maximum Gasteiger partial charge on any atom is 0.323 e. The van der Waals surface area contributed by atoms with Gasteiger partial charge in [-0.3, -0.25) is 14.4 Å². The van der Waals surface area contributed by atoms with Gasteiger partial charge in [0, 0.05) is 40.3 Å². The number of benzene rings is 3. The van der Waals surface area contributed by atoms with Crippen LogP contribution in [0.25, 0.3) is 0 Å². The molecule has 0 heterocycles. The molecule has 0 bridgehead atoms. The smallest absolute Gasteiger partial charge is 0.323 e. The summed E-state index contributed by atoms with van der Waals surface area (Å²) < 4.78 is 4.93. The highest BCUT2D eigenvalue weighted by molar-refractivity contribution is 8.00. The monoisotopic (exact) mass is 588 g/mol. The fourth-order valence-electron chi connectivity index (χ4n) is 4.81. The van der Waals surface area contributed by atoms with Gasteiger partial charge in [-0.25, -0.2) is 4.79 Å². The largest absolute Gasteiger partial charge is 0.468 e. The molecule has 0 aliphatic heterocycles. The quantitative estimate of drug-likeness (QED) is 0.161. The lowest BCUT2D eigenvalue weighted by atomic mass is 10.1. The number of hydrogen-bond donors (Lipinski definition) is 4. The lowest BCUT2D eigenvalue weighted by Gasteiger charge is -2.16. The average molecular weight is 589 g/mol. The summed E-state index contributed by atoms with van der Waals surface area (Å²) in [6.07, 6.45) is 2.48. The van der Waals surface area contributed by atoms with Gasteiger partial charge in [0.2, 0.25) is 11.8 Å². The molecule has 1 unspecified atom stereocenters. The molecule has 42 heavy (non-hydrogen) atoms. The molecule has 0 spiro atoms. The minimum Gasteiger partial charge on any atom is -0.468 e. The molecule has 1 aliphatic carbocycles. The lowest BCUT2D eigenvalue weighted by Crippen LogP contribution is -2.34. The molecule has 9 nitrogen and oxygen atoms in total. The first kappa shape index (κ1) is 30.6. The van der Waals surface area contributed by atoms with Crippen LogP contribution in [-0.4, -0.2) is 42.2 Å². The highest BCUT2D eigenvalue weighted by Gasteiger charge is 2.31. The van der Waals surface area contributed by atoms with Gasteiger partial charge in [-0.05, 0) is 80.6 Å². The van der Waals surface area contributed by atoms with Crippen LogP contribution in [0.5, 0.6) is 0 Å². The Kier molecular flexibility index (Phi) is 11.0. The van der Waals surface area contributed by atoms with Crippen molar-refractivity contribution in [2.24, 2.45) is 5.92 Å². The molecular formula is C32H36N4O5S. The van der Waals surface area contributed by atoms with E-state index in [4.69, 9.17) is 4.74 Å². The number of anilines is 3. The first-order chi connectivity index (χ1) is 20.3. The van der Waals surface area contributed by atoms with Crippen molar-refractivity contribution < 1.29 is 23.9 Å². The fourth-order valence-corrected chi connectivity index (χ4v) is 5.88. The van der Waals surface area contributed by atoms with E-state index < -0.39 is 5.25 Å². The molecule has 4 rings (SSSR count). The molecule has 0 aromatic heterocycles. The number of urea groups is 1. The minimum atomic E-state index is -0.478. The number of hydrogen-bond acceptors (Lipinski definition) is 6. The van der Waals surface area contributed by atoms with Crippen molar-refractivity contribution in [2.75, 3.05) is 23.1 Å². The summed E-state index contributed by atoms with van der Waals surface area (Å²) in [5.74, 6) is -0.819. The number of nitrogens with one attached hydrogen (secondary N) is 4. The van der Waals surface area contributed by atoms with Crippen molar-refractivity contribution in [2.45, 2.75) is 55.2 Å². The van der Waals surface area contributed by atoms with Crippen molar-refractivity contribution in [3.8, 4) is 0 Å². The Bertz CT molecular complexity index is 1380. The molecule has 4 amide bonds. The molecule has 1 fully saturated rings. The van der Waals surface area contributed by atoms with Crippen LogP contribution in [0, 0.1) is 12.8 Å². The number of para-hydroxylation sites is 1. The standard InChI is InChI=1S/C32H36N4O5S/c1-21-8-6-7-11-27(21)36-32(40)35-24-16-14-23(15-17-24)34-30(38)22-12-13-25(20-22)33-29(37)19-18-28(31(39)41-2)42-26-9-4-3-5-10-26/h3-11,14-17,22,25,28H,12-13,18-20H2,1-2H3,(H,33,37)(H,34,38)(H2,35,36,40)/t22-,25+,28?/m1/s1. The summed E-state index contributed by atoms with van der Waals surface area (Å²) in [6, 6.07) is 23.5. The summed E-state index contributed by atoms with van der Waals surface area (Å²) in [4.78, 5) is 51.0. The number of amides is 4. The zero-order valence-electron chi connectivity index (χ0n) is 23.7. The number of carbonyl (C=O) groups is 4. The fraction of sp³-hybridized carbons (Fsp3) is 0.312. The van der Waals surface area contributed by atoms with Crippen LogP contribution in [-0.2, 0) is 19.1 Å². The second kappa shape index (κ2) is 15.1. The van der Waals surface area contributed by atoms with E-state index in [2.05, 4.69) is 21.3 Å². The molecule has 220 valence electrons. The topological polar surface area (TPSA) is 126 Å². The van der Waals surface area contributed by atoms with Crippen molar-refractivity contribution >= 4 is 52.6 Å². The molecule has 0 saturated heterocycles. The van der Waals surface area contributed by atoms with Gasteiger partial charge in [-0.15, -0.1) is 11.8 Å². The average Bonchev–Trinajstić information content (AvgIpc) is 3.46. The summed E-state index contributed by atoms with van der Waals surface area (Å²) in [5, 5.41) is 11.1. The number of carbonyl (C=O) groups excluding carboxylic acids is 4. The molecule has 0 radical (unpaired) electrons. The van der Waals surface area contributed by atoms with Gasteiger partial charge >= 0.3 is 12.0 Å². The van der Waals surface area contributed by atoms with E-state index in [1.165, 1.54) is 18.9 Å². The van der Waals surface area contributed by atoms with Gasteiger partial charge in [0.05, 0.1) is 7.11 Å². The molecule has 1 saturated carbocycles. The van der Waals surface area contributed by atoms with E-state index in [0.717, 1.165) is 16.1 Å². The number of ether oxygens (including phenoxy) is 1. The summed E-state index contributed by atoms with van der Waals surface area (Å²) in [6.45, 7) is 1.92. The highest BCUT2D eigenvalue weighted by Crippen LogP contribution is 2.29. The van der Waals surface area contributed by atoms with E-state index in [9.17, 15) is 19.2 Å². The highest BCUT2D eigenvalue weighted by atomic mass is 32.2. The van der Waals surface area contributed by atoms with Crippen LogP contribution < -0.4 is 21.3 Å². The number of thioether (sulfide) groups is 1. The van der Waals surface area contributed by atoms with Crippen LogP contribution in [0.3, 0.4) is 0 Å². The molecule has 4 N–H and O–H groups in total. The Labute approximate surface area is 250 Å². The summed E-state index contributed by atoms with van der Waals surface area (Å²) in [7, 11) is 1.35. The normalized spacial score (nSPS) is 16.6. The molecule has 1 aliphatic rings. The molecule has 3 aromatic rings. The van der Waals surface area contributed by atoms with E-state index in [-0.39, 0.29) is 42.2 Å². The molecule has 3 aromatic carbocycles. The number of esters is 1. The van der Waals surface area contributed by atoms with Gasteiger partial charge < -0.3 is 26.0 Å². The zero-order valence-corrected chi connectivity index (χ0v) is 24.5. The Morgan fingerprint density at radius 1 is 0.857 bits per heavy atom. The second-order valence-electron chi connectivity index (χ2n) is 10.2. The van der Waals surface area contributed by atoms with E-state index >= 15 is 0 Å². The minimum absolute atomic E-state index is 0.0926. The maximum absolute atomic E-state index is 12.9. The van der Waals surface area contributed by atoms with Crippen LogP contribution in [0.1, 0.15) is 37.7 Å². The van der Waals surface area contributed by atoms with Gasteiger partial charge in [0.25, 0.3) is 0 Å². The van der Waals surface area contributed by atoms with Gasteiger partial charge in [-0.1, -0.05) is 36.4 Å². The summed E-state index contributed by atoms with van der Waals surface area (Å²) >= 11 is 1.38. The number of methoxy groups -OCH3 is 1. The van der Waals surface area contributed by atoms with E-state index in [1.807, 2.05) is 61.5 Å². The van der Waals surface area contributed by atoms with Crippen LogP contribution >= 0.6 is 11.8 Å². The third-order valence-electron chi connectivity index (χ3n) is 7.09. The van der Waals surface area contributed by atoms with E-state index in [0.29, 0.717) is 37.1 Å². The van der Waals surface area contributed by atoms with Crippen LogP contribution in [0.2, 0.25) is 0 Å². The Morgan fingerprint density at radius 3 is 2.21 bits per heavy atom. The maximum atomic E-state index is 12.9. The Morgan fingerprint density at radius 2 is 1.52 bits per heavy atom. The number of rotatable bonds is 11. The summed E-state index contributed by atoms with van der Waals surface area (Å²) in [5.41, 5.74) is 2.92. The predicted octanol–water partition coefficient (Wildman–Crippen LogP) is 5.98. The van der Waals surface area contributed by atoms with Crippen molar-refractivity contribution in [1.82, 2.24) is 5.32 Å². The second-order valence-corrected chi connectivity index (χ2v) is 11.5. The van der Waals surface area contributed by atoms with Crippen LogP contribution in [0.4, 0.5) is 21.9 Å². The van der Waals surface area contributed by atoms with Crippen molar-refractivity contribution in [1.29, 1.82) is 0 Å². The predicted molar refractivity (Wildman–Crippen MR) is 166 cm³/mol. The zero-order chi connectivity index (χ0) is 29.9. The molecular weight excluding hydrogens is 552 g/mol. The third kappa shape index (κ3) is 9.10. The SMILES string of the molecule is COC(=O)C(CCC(=O)N[C@H]1CC[C@@H](C(=O)Nc2ccc(NC(=O)Nc3ccccc3C)cc2)C1)Sc1ccccc1. The van der Waals surface area contributed by atoms with Gasteiger partial charge in [0.15, 0.2) is 0 Å². The Hall–Kier alpha value is -4.31. The first-order valence-corrected chi connectivity index (χ1v) is 14.8. The van der Waals surface area contributed by atoms with Gasteiger partial charge in [-0.2, -0.15) is 0 Å². The Balaban J connectivity index is 1.19. The first-order valence-electron chi connectivity index (χ1n) is 13.9. The molecule has 3 atom stereocenters. The van der Waals surface area contributed by atoms with Crippen molar-refractivity contribution in [3.63, 3.8) is 0 Å². The molecule has 10 heteroatoms. The van der Waals surface area contributed by atoms with E-state index in [1.54, 1.807) is 24.3 Å². The number of aryl methyl sites for hydroxylation is 1.